The van der Waals surface area contributed by atoms with Gasteiger partial charge in [-0.05, 0) is 65.8 Å². The Balaban J connectivity index is 2.28. The maximum absolute atomic E-state index is 12.6. The van der Waals surface area contributed by atoms with Gasteiger partial charge in [0.25, 0.3) is 0 Å². The summed E-state index contributed by atoms with van der Waals surface area (Å²) in [6.45, 7) is 16.6. The average molecular weight is 482 g/mol. The second-order valence-electron chi connectivity index (χ2n) is 8.38. The molecule has 0 saturated carbocycles. The summed E-state index contributed by atoms with van der Waals surface area (Å²) < 4.78 is 18.2. The molecule has 1 fully saturated rings. The lowest BCUT2D eigenvalue weighted by atomic mass is 9.81. The Bertz CT molecular complexity index is 979. The summed E-state index contributed by atoms with van der Waals surface area (Å²) in [5.41, 5.74) is 2.10. The van der Waals surface area contributed by atoms with Crippen molar-refractivity contribution in [2.24, 2.45) is 0 Å². The Morgan fingerprint density at radius 1 is 0.800 bits per heavy atom. The van der Waals surface area contributed by atoms with Crippen LogP contribution in [0, 0.1) is 5.41 Å². The molecule has 7 nitrogen and oxygen atoms in total. The first-order valence-electron chi connectivity index (χ1n) is 12.7. The summed E-state index contributed by atoms with van der Waals surface area (Å²) in [6.07, 6.45) is -0.0767. The molecule has 3 rings (SSSR count). The predicted molar refractivity (Wildman–Crippen MR) is 142 cm³/mol. The van der Waals surface area contributed by atoms with Crippen LogP contribution in [0.5, 0.6) is 11.5 Å². The lowest BCUT2D eigenvalue weighted by Crippen LogP contribution is -2.35. The van der Waals surface area contributed by atoms with Gasteiger partial charge in [-0.3, -0.25) is 4.79 Å². The molecule has 0 atom stereocenters. The summed E-state index contributed by atoms with van der Waals surface area (Å²) in [5, 5.41) is 8.96. The molecule has 0 spiro atoms. The molecule has 7 heteroatoms. The van der Waals surface area contributed by atoms with E-state index >= 15 is 0 Å². The van der Waals surface area contributed by atoms with E-state index < -0.39 is 11.6 Å². The maximum atomic E-state index is 12.6. The molecule has 2 aromatic carbocycles. The van der Waals surface area contributed by atoms with Gasteiger partial charge in [-0.25, -0.2) is 0 Å². The molecule has 1 aliphatic rings. The van der Waals surface area contributed by atoms with Gasteiger partial charge in [0.2, 0.25) is 5.60 Å². The highest BCUT2D eigenvalue weighted by Crippen LogP contribution is 2.49. The van der Waals surface area contributed by atoms with E-state index in [1.807, 2.05) is 50.2 Å². The van der Waals surface area contributed by atoms with Crippen LogP contribution in [0.25, 0.3) is 0 Å². The maximum Gasteiger partial charge on any atom is 0.313 e. The van der Waals surface area contributed by atoms with Crippen molar-refractivity contribution in [3.05, 3.63) is 47.5 Å². The van der Waals surface area contributed by atoms with Crippen molar-refractivity contribution in [2.75, 3.05) is 49.2 Å². The first-order chi connectivity index (χ1) is 16.9. The monoisotopic (exact) mass is 481 g/mol. The lowest BCUT2D eigenvalue weighted by molar-refractivity contribution is -0.145. The Kier molecular flexibility index (Phi) is 8.65. The molecule has 190 valence electrons. The predicted octanol–water partition coefficient (Wildman–Crippen LogP) is 5.39. The topological polar surface area (TPSA) is 75.1 Å². The number of carbonyl (C=O) groups excluding carboxylic acids is 1. The molecule has 2 aromatic rings. The fourth-order valence-electron chi connectivity index (χ4n) is 4.84. The van der Waals surface area contributed by atoms with Crippen LogP contribution in [0.4, 0.5) is 11.4 Å². The molecule has 1 saturated heterocycles. The number of hydrogen-bond acceptors (Lipinski definition) is 7. The number of carbonyl (C=O) groups is 1. The van der Waals surface area contributed by atoms with E-state index in [9.17, 15) is 4.79 Å². The molecule has 1 aliphatic heterocycles. The van der Waals surface area contributed by atoms with E-state index in [0.29, 0.717) is 35.8 Å². The highest BCUT2D eigenvalue weighted by molar-refractivity contribution is 6.10. The average Bonchev–Trinajstić information content (AvgIpc) is 3.15. The summed E-state index contributed by atoms with van der Waals surface area (Å²) >= 11 is 0. The van der Waals surface area contributed by atoms with Crippen LogP contribution < -0.4 is 19.3 Å². The first-order valence-corrected chi connectivity index (χ1v) is 12.7. The summed E-state index contributed by atoms with van der Waals surface area (Å²) in [5.74, 6) is 0.777. The molecule has 1 N–H and O–H groups in total. The molecule has 0 amide bonds. The zero-order valence-electron chi connectivity index (χ0n) is 21.9. The Morgan fingerprint density at radius 3 is 1.54 bits per heavy atom. The van der Waals surface area contributed by atoms with Gasteiger partial charge in [0, 0.05) is 60.8 Å². The molecule has 35 heavy (non-hydrogen) atoms. The van der Waals surface area contributed by atoms with E-state index in [-0.39, 0.29) is 12.1 Å². The molecular formula is C28H39N3O4. The molecule has 0 radical (unpaired) electrons. The van der Waals surface area contributed by atoms with Gasteiger partial charge in [0.05, 0.1) is 25.3 Å². The third-order valence-electron chi connectivity index (χ3n) is 6.56. The number of rotatable bonds is 12. The van der Waals surface area contributed by atoms with Gasteiger partial charge < -0.3 is 29.4 Å². The van der Waals surface area contributed by atoms with Crippen LogP contribution in [0.3, 0.4) is 0 Å². The zero-order chi connectivity index (χ0) is 25.6. The van der Waals surface area contributed by atoms with E-state index in [1.54, 1.807) is 0 Å². The zero-order valence-corrected chi connectivity index (χ0v) is 21.9. The van der Waals surface area contributed by atoms with Crippen molar-refractivity contribution >= 4 is 23.1 Å². The van der Waals surface area contributed by atoms with Crippen molar-refractivity contribution < 1.29 is 19.0 Å². The second kappa shape index (κ2) is 11.5. The molecule has 1 heterocycles. The van der Waals surface area contributed by atoms with Crippen LogP contribution in [-0.4, -0.2) is 51.1 Å². The van der Waals surface area contributed by atoms with E-state index in [2.05, 4.69) is 37.5 Å². The van der Waals surface area contributed by atoms with Gasteiger partial charge in [0.15, 0.2) is 0 Å². The highest BCUT2D eigenvalue weighted by Gasteiger charge is 2.52. The van der Waals surface area contributed by atoms with Gasteiger partial charge in [0.1, 0.15) is 11.5 Å². The van der Waals surface area contributed by atoms with E-state index in [4.69, 9.17) is 19.6 Å². The SMILES string of the molecule is CCOc1cc(N(CC)CC)ccc1C1(c2ccc(N(CC)CC)cc2OCC)OC(=O)CC1=N. The van der Waals surface area contributed by atoms with Crippen molar-refractivity contribution in [3.8, 4) is 11.5 Å². The number of anilines is 2. The van der Waals surface area contributed by atoms with E-state index in [1.165, 1.54) is 0 Å². The number of cyclic esters (lactones) is 1. The van der Waals surface area contributed by atoms with Gasteiger partial charge >= 0.3 is 5.97 Å². The van der Waals surface area contributed by atoms with Crippen LogP contribution >= 0.6 is 0 Å². The van der Waals surface area contributed by atoms with Crippen LogP contribution in [0.2, 0.25) is 0 Å². The van der Waals surface area contributed by atoms with Crippen LogP contribution in [0.15, 0.2) is 36.4 Å². The minimum atomic E-state index is -1.41. The number of esters is 1. The number of hydrogen-bond donors (Lipinski definition) is 1. The normalized spacial score (nSPS) is 14.6. The highest BCUT2D eigenvalue weighted by atomic mass is 16.6. The Morgan fingerprint density at radius 2 is 1.23 bits per heavy atom. The molecule has 0 bridgehead atoms. The molecule has 0 aromatic heterocycles. The van der Waals surface area contributed by atoms with Gasteiger partial charge in [-0.15, -0.1) is 0 Å². The number of ether oxygens (including phenoxy) is 3. The summed E-state index contributed by atoms with van der Waals surface area (Å²) in [7, 11) is 0. The van der Waals surface area contributed by atoms with Crippen molar-refractivity contribution in [1.29, 1.82) is 5.41 Å². The molecule has 0 unspecified atom stereocenters. The van der Waals surface area contributed by atoms with Gasteiger partial charge in [-0.1, -0.05) is 0 Å². The fraction of sp³-hybridized carbons (Fsp3) is 0.500. The van der Waals surface area contributed by atoms with Gasteiger partial charge in [-0.2, -0.15) is 0 Å². The third-order valence-corrected chi connectivity index (χ3v) is 6.56. The third kappa shape index (κ3) is 4.95. The number of nitrogens with one attached hydrogen (secondary N) is 1. The van der Waals surface area contributed by atoms with Crippen molar-refractivity contribution in [2.45, 2.75) is 53.6 Å². The minimum Gasteiger partial charge on any atom is -0.493 e. The smallest absolute Gasteiger partial charge is 0.313 e. The van der Waals surface area contributed by atoms with Crippen LogP contribution in [-0.2, 0) is 15.1 Å². The largest absolute Gasteiger partial charge is 0.493 e. The second-order valence-corrected chi connectivity index (χ2v) is 8.38. The quantitative estimate of drug-likeness (QED) is 0.410. The first kappa shape index (κ1) is 26.4. The fourth-order valence-corrected chi connectivity index (χ4v) is 4.84. The Hall–Kier alpha value is -3.22. The van der Waals surface area contributed by atoms with Crippen molar-refractivity contribution in [1.82, 2.24) is 0 Å². The summed E-state index contributed by atoms with van der Waals surface area (Å²) in [4.78, 5) is 17.1. The number of nitrogens with zero attached hydrogens (tertiary/aromatic N) is 2. The summed E-state index contributed by atoms with van der Waals surface area (Å²) in [6, 6.07) is 11.8. The molecular weight excluding hydrogens is 442 g/mol. The Labute approximate surface area is 209 Å². The standard InChI is InChI=1S/C28H39N3O4/c1-7-30(8-2)20-13-15-22(24(17-20)33-11-5)28(26(29)19-27(32)35-28)23-16-14-21(31(9-3)10-4)18-25(23)34-12-6/h13-18,29H,7-12,19H2,1-6H3. The number of benzene rings is 2. The van der Waals surface area contributed by atoms with Crippen molar-refractivity contribution in [3.63, 3.8) is 0 Å². The minimum absolute atomic E-state index is 0.0767. The van der Waals surface area contributed by atoms with Crippen LogP contribution in [0.1, 0.15) is 59.1 Å². The molecule has 0 aliphatic carbocycles. The lowest BCUT2D eigenvalue weighted by Gasteiger charge is -2.33. The van der Waals surface area contributed by atoms with E-state index in [0.717, 1.165) is 37.6 Å².